The molecular formula is C12H14Cl2N2O2. The van der Waals surface area contributed by atoms with Crippen LogP contribution in [-0.2, 0) is 4.79 Å². The number of nitrogens with zero attached hydrogens (tertiary/aromatic N) is 1. The van der Waals surface area contributed by atoms with Gasteiger partial charge in [0.05, 0.1) is 18.1 Å². The van der Waals surface area contributed by atoms with Crippen LogP contribution in [0.4, 0.5) is 0 Å². The third kappa shape index (κ3) is 4.29. The Hall–Kier alpha value is -1.10. The van der Waals surface area contributed by atoms with Crippen molar-refractivity contribution >= 4 is 34.9 Å². The Morgan fingerprint density at radius 2 is 1.94 bits per heavy atom. The molecule has 0 aromatic heterocycles. The Morgan fingerprint density at radius 3 is 2.50 bits per heavy atom. The van der Waals surface area contributed by atoms with Crippen LogP contribution in [0, 0.1) is 0 Å². The molecule has 0 spiro atoms. The van der Waals surface area contributed by atoms with Crippen LogP contribution in [-0.4, -0.2) is 36.2 Å². The minimum atomic E-state index is -0.471. The van der Waals surface area contributed by atoms with E-state index in [1.54, 1.807) is 17.0 Å². The highest BCUT2D eigenvalue weighted by atomic mass is 35.5. The third-order valence-electron chi connectivity index (χ3n) is 2.42. The Kier molecular flexibility index (Phi) is 5.59. The number of likely N-dealkylation sites (N-methyl/N-ethyl adjacent to an activating group) is 1. The van der Waals surface area contributed by atoms with Gasteiger partial charge in [0.25, 0.3) is 0 Å². The predicted molar refractivity (Wildman–Crippen MR) is 72.1 cm³/mol. The molecule has 98 valence electrons. The zero-order valence-corrected chi connectivity index (χ0v) is 11.5. The highest BCUT2D eigenvalue weighted by molar-refractivity contribution is 6.36. The second kappa shape index (κ2) is 6.73. The number of amides is 1. The number of primary amides is 1. The lowest BCUT2D eigenvalue weighted by Crippen LogP contribution is -2.37. The zero-order valence-electron chi connectivity index (χ0n) is 9.95. The molecule has 0 saturated heterocycles. The van der Waals surface area contributed by atoms with E-state index in [2.05, 4.69) is 0 Å². The minimum Gasteiger partial charge on any atom is -0.369 e. The van der Waals surface area contributed by atoms with Gasteiger partial charge in [0, 0.05) is 10.6 Å². The predicted octanol–water partition coefficient (Wildman–Crippen LogP) is 1.98. The number of carbonyl (C=O) groups is 2. The fraction of sp³-hybridized carbons (Fsp3) is 0.333. The average Bonchev–Trinajstić information content (AvgIpc) is 2.30. The molecule has 0 saturated carbocycles. The van der Waals surface area contributed by atoms with E-state index in [9.17, 15) is 9.59 Å². The van der Waals surface area contributed by atoms with Crippen LogP contribution >= 0.6 is 23.2 Å². The lowest BCUT2D eigenvalue weighted by atomic mass is 10.1. The zero-order chi connectivity index (χ0) is 13.7. The molecule has 0 aliphatic carbocycles. The molecule has 0 aliphatic heterocycles. The number of hydrogen-bond acceptors (Lipinski definition) is 3. The van der Waals surface area contributed by atoms with Crippen molar-refractivity contribution in [2.75, 3.05) is 19.6 Å². The van der Waals surface area contributed by atoms with E-state index in [0.29, 0.717) is 22.2 Å². The van der Waals surface area contributed by atoms with Gasteiger partial charge < -0.3 is 5.73 Å². The summed E-state index contributed by atoms with van der Waals surface area (Å²) in [6.45, 7) is 2.52. The maximum atomic E-state index is 12.0. The lowest BCUT2D eigenvalue weighted by molar-refractivity contribution is -0.118. The summed E-state index contributed by atoms with van der Waals surface area (Å²) in [4.78, 5) is 24.5. The van der Waals surface area contributed by atoms with E-state index in [1.807, 2.05) is 6.92 Å². The fourth-order valence-electron chi connectivity index (χ4n) is 1.50. The van der Waals surface area contributed by atoms with Gasteiger partial charge in [0.15, 0.2) is 5.78 Å². The number of benzene rings is 1. The van der Waals surface area contributed by atoms with E-state index >= 15 is 0 Å². The molecule has 4 nitrogen and oxygen atoms in total. The molecule has 2 N–H and O–H groups in total. The molecule has 0 aliphatic rings. The fourth-order valence-corrected chi connectivity index (χ4v) is 1.89. The Balaban J connectivity index is 2.80. The molecule has 18 heavy (non-hydrogen) atoms. The molecule has 1 amide bonds. The highest BCUT2D eigenvalue weighted by Crippen LogP contribution is 2.21. The van der Waals surface area contributed by atoms with Crippen molar-refractivity contribution in [2.24, 2.45) is 5.73 Å². The lowest BCUT2D eigenvalue weighted by Gasteiger charge is -2.17. The van der Waals surface area contributed by atoms with Crippen molar-refractivity contribution in [1.29, 1.82) is 0 Å². The maximum absolute atomic E-state index is 12.0. The molecular weight excluding hydrogens is 275 g/mol. The van der Waals surface area contributed by atoms with Gasteiger partial charge in [-0.3, -0.25) is 14.5 Å². The van der Waals surface area contributed by atoms with Crippen molar-refractivity contribution in [3.8, 4) is 0 Å². The Morgan fingerprint density at radius 1 is 1.28 bits per heavy atom. The topological polar surface area (TPSA) is 63.4 Å². The highest BCUT2D eigenvalue weighted by Gasteiger charge is 2.15. The van der Waals surface area contributed by atoms with Crippen molar-refractivity contribution < 1.29 is 9.59 Å². The van der Waals surface area contributed by atoms with E-state index < -0.39 is 5.91 Å². The summed E-state index contributed by atoms with van der Waals surface area (Å²) in [6, 6.07) is 4.70. The van der Waals surface area contributed by atoms with Crippen molar-refractivity contribution in [3.05, 3.63) is 33.8 Å². The normalized spacial score (nSPS) is 10.7. The maximum Gasteiger partial charge on any atom is 0.231 e. The molecule has 1 aromatic carbocycles. The van der Waals surface area contributed by atoms with Crippen molar-refractivity contribution in [2.45, 2.75) is 6.92 Å². The van der Waals surface area contributed by atoms with Crippen LogP contribution in [0.15, 0.2) is 18.2 Å². The van der Waals surface area contributed by atoms with Gasteiger partial charge in [-0.25, -0.2) is 0 Å². The van der Waals surface area contributed by atoms with Gasteiger partial charge in [0.1, 0.15) is 0 Å². The van der Waals surface area contributed by atoms with Crippen LogP contribution in [0.25, 0.3) is 0 Å². The van der Waals surface area contributed by atoms with Crippen molar-refractivity contribution in [3.63, 3.8) is 0 Å². The largest absolute Gasteiger partial charge is 0.369 e. The molecule has 0 bridgehead atoms. The van der Waals surface area contributed by atoms with Crippen LogP contribution in [0.1, 0.15) is 17.3 Å². The van der Waals surface area contributed by atoms with E-state index in [4.69, 9.17) is 28.9 Å². The summed E-state index contributed by atoms with van der Waals surface area (Å²) in [5.41, 5.74) is 5.45. The average molecular weight is 289 g/mol. The molecule has 0 radical (unpaired) electrons. The van der Waals surface area contributed by atoms with Crippen LogP contribution < -0.4 is 5.73 Å². The molecule has 0 fully saturated rings. The van der Waals surface area contributed by atoms with E-state index in [0.717, 1.165) is 0 Å². The van der Waals surface area contributed by atoms with Gasteiger partial charge >= 0.3 is 0 Å². The number of nitrogens with two attached hydrogens (primary N) is 1. The molecule has 1 rings (SSSR count). The first-order chi connectivity index (χ1) is 8.43. The van der Waals surface area contributed by atoms with Crippen LogP contribution in [0.5, 0.6) is 0 Å². The number of rotatable bonds is 6. The van der Waals surface area contributed by atoms with Gasteiger partial charge in [-0.2, -0.15) is 0 Å². The van der Waals surface area contributed by atoms with Crippen LogP contribution in [0.3, 0.4) is 0 Å². The number of hydrogen-bond donors (Lipinski definition) is 1. The van der Waals surface area contributed by atoms with Crippen LogP contribution in [0.2, 0.25) is 10.0 Å². The quantitative estimate of drug-likeness (QED) is 0.814. The Bertz CT molecular complexity index is 463. The number of halogens is 2. The molecule has 6 heteroatoms. The minimum absolute atomic E-state index is 0.0421. The SMILES string of the molecule is CCN(CC(N)=O)CC(=O)c1cc(Cl)ccc1Cl. The van der Waals surface area contributed by atoms with Crippen molar-refractivity contribution in [1.82, 2.24) is 4.90 Å². The summed E-state index contributed by atoms with van der Waals surface area (Å²) in [6.07, 6.45) is 0. The van der Waals surface area contributed by atoms with Gasteiger partial charge in [-0.15, -0.1) is 0 Å². The summed E-state index contributed by atoms with van der Waals surface area (Å²) in [5, 5.41) is 0.792. The second-order valence-corrected chi connectivity index (χ2v) is 4.66. The number of ketones is 1. The van der Waals surface area contributed by atoms with Gasteiger partial charge in [0.2, 0.25) is 5.91 Å². The molecule has 0 atom stereocenters. The van der Waals surface area contributed by atoms with E-state index in [-0.39, 0.29) is 18.9 Å². The first-order valence-electron chi connectivity index (χ1n) is 5.43. The monoisotopic (exact) mass is 288 g/mol. The van der Waals surface area contributed by atoms with E-state index in [1.165, 1.54) is 6.07 Å². The molecule has 1 aromatic rings. The number of carbonyl (C=O) groups excluding carboxylic acids is 2. The first kappa shape index (κ1) is 15.0. The second-order valence-electron chi connectivity index (χ2n) is 3.82. The third-order valence-corrected chi connectivity index (χ3v) is 2.99. The first-order valence-corrected chi connectivity index (χ1v) is 6.18. The molecule has 0 unspecified atom stereocenters. The van der Waals surface area contributed by atoms with Gasteiger partial charge in [-0.05, 0) is 24.7 Å². The van der Waals surface area contributed by atoms with Gasteiger partial charge in [-0.1, -0.05) is 30.1 Å². The standard InChI is InChI=1S/C12H14Cl2N2O2/c1-2-16(7-12(15)18)6-11(17)9-5-8(13)3-4-10(9)14/h3-5H,2,6-7H2,1H3,(H2,15,18). The Labute approximate surface area is 116 Å². The number of Topliss-reactive ketones (excluding diaryl/α,β-unsaturated/α-hetero) is 1. The summed E-state index contributed by atoms with van der Waals surface area (Å²) in [5.74, 6) is -0.660. The molecule has 0 heterocycles. The summed E-state index contributed by atoms with van der Waals surface area (Å²) in [7, 11) is 0. The summed E-state index contributed by atoms with van der Waals surface area (Å²) < 4.78 is 0. The smallest absolute Gasteiger partial charge is 0.231 e. The summed E-state index contributed by atoms with van der Waals surface area (Å²) >= 11 is 11.8.